The van der Waals surface area contributed by atoms with Gasteiger partial charge >= 0.3 is 0 Å². The highest BCUT2D eigenvalue weighted by Gasteiger charge is 2.14. The number of hydrogen-bond acceptors (Lipinski definition) is 1. The molecule has 1 amide bonds. The fourth-order valence-electron chi connectivity index (χ4n) is 2.13. The highest BCUT2D eigenvalue weighted by atomic mass is 35.5. The number of nitrogens with one attached hydrogen (secondary N) is 1. The molecule has 0 radical (unpaired) electrons. The van der Waals surface area contributed by atoms with Crippen LogP contribution in [0.4, 0.5) is 0 Å². The van der Waals surface area contributed by atoms with E-state index in [-0.39, 0.29) is 0 Å². The number of nitrogens with two attached hydrogens (primary N) is 1. The Hall–Kier alpha value is -2.00. The Morgan fingerprint density at radius 1 is 1.12 bits per heavy atom. The van der Waals surface area contributed by atoms with E-state index in [1.54, 1.807) is 6.07 Å². The molecule has 0 saturated heterocycles. The van der Waals surface area contributed by atoms with Crippen LogP contribution in [0, 0.1) is 0 Å². The minimum atomic E-state index is -0.521. The summed E-state index contributed by atoms with van der Waals surface area (Å²) in [4.78, 5) is 14.6. The number of aromatic amines is 1. The van der Waals surface area contributed by atoms with E-state index in [1.165, 1.54) is 0 Å². The maximum atomic E-state index is 11.4. The number of amides is 1. The van der Waals surface area contributed by atoms with Gasteiger partial charge in [-0.15, -0.1) is 0 Å². The maximum absolute atomic E-state index is 11.4. The van der Waals surface area contributed by atoms with Crippen LogP contribution in [0.2, 0.25) is 5.02 Å². The number of para-hydroxylation sites is 1. The predicted molar refractivity (Wildman–Crippen MR) is 69.3 cm³/mol. The number of carbonyl (C=O) groups is 1. The third-order valence-electron chi connectivity index (χ3n) is 2.88. The van der Waals surface area contributed by atoms with Crippen molar-refractivity contribution in [3.63, 3.8) is 0 Å². The quantitative estimate of drug-likeness (QED) is 0.679. The summed E-state index contributed by atoms with van der Waals surface area (Å²) < 4.78 is 0. The molecule has 0 bridgehead atoms. The van der Waals surface area contributed by atoms with E-state index in [1.807, 2.05) is 30.3 Å². The van der Waals surface area contributed by atoms with Crippen LogP contribution in [0.3, 0.4) is 0 Å². The van der Waals surface area contributed by atoms with Crippen molar-refractivity contribution in [2.45, 2.75) is 0 Å². The lowest BCUT2D eigenvalue weighted by Gasteiger charge is -2.01. The van der Waals surface area contributed by atoms with Crippen molar-refractivity contribution in [1.82, 2.24) is 4.98 Å². The summed E-state index contributed by atoms with van der Waals surface area (Å²) in [6, 6.07) is 11.4. The highest BCUT2D eigenvalue weighted by Crippen LogP contribution is 2.31. The van der Waals surface area contributed by atoms with Gasteiger partial charge in [0.05, 0.1) is 16.1 Å². The second kappa shape index (κ2) is 3.50. The van der Waals surface area contributed by atoms with Gasteiger partial charge < -0.3 is 10.7 Å². The summed E-state index contributed by atoms with van der Waals surface area (Å²) in [5.41, 5.74) is 7.37. The molecular formula is C13H9ClN2O. The SMILES string of the molecule is NC(=O)c1c(Cl)ccc2c1[nH]c1ccccc12. The second-order valence-corrected chi connectivity index (χ2v) is 4.29. The first kappa shape index (κ1) is 10.2. The average molecular weight is 245 g/mol. The van der Waals surface area contributed by atoms with Gasteiger partial charge in [0.1, 0.15) is 0 Å². The van der Waals surface area contributed by atoms with Gasteiger partial charge in [-0.05, 0) is 12.1 Å². The Bertz CT molecular complexity index is 746. The fourth-order valence-corrected chi connectivity index (χ4v) is 2.38. The molecule has 0 aliphatic carbocycles. The molecule has 17 heavy (non-hydrogen) atoms. The molecule has 84 valence electrons. The monoisotopic (exact) mass is 244 g/mol. The Labute approximate surface area is 102 Å². The number of benzene rings is 2. The lowest BCUT2D eigenvalue weighted by Crippen LogP contribution is -2.12. The molecule has 1 aromatic heterocycles. The standard InChI is InChI=1S/C13H9ClN2O/c14-9-6-5-8-7-3-1-2-4-10(7)16-12(8)11(9)13(15)17/h1-6,16H,(H2,15,17). The van der Waals surface area contributed by atoms with Gasteiger partial charge in [-0.1, -0.05) is 35.9 Å². The number of primary amides is 1. The zero-order chi connectivity index (χ0) is 12.0. The van der Waals surface area contributed by atoms with Crippen molar-refractivity contribution in [2.75, 3.05) is 0 Å². The summed E-state index contributed by atoms with van der Waals surface area (Å²) in [7, 11) is 0. The first-order valence-corrected chi connectivity index (χ1v) is 5.55. The van der Waals surface area contributed by atoms with E-state index >= 15 is 0 Å². The summed E-state index contributed by atoms with van der Waals surface area (Å²) in [5, 5.41) is 2.39. The number of rotatable bonds is 1. The molecule has 0 fully saturated rings. The fraction of sp³-hybridized carbons (Fsp3) is 0. The minimum Gasteiger partial charge on any atom is -0.365 e. The van der Waals surface area contributed by atoms with Crippen LogP contribution in [0.25, 0.3) is 21.8 Å². The third-order valence-corrected chi connectivity index (χ3v) is 3.19. The molecule has 0 spiro atoms. The van der Waals surface area contributed by atoms with E-state index in [4.69, 9.17) is 17.3 Å². The zero-order valence-electron chi connectivity index (χ0n) is 8.83. The smallest absolute Gasteiger partial charge is 0.252 e. The van der Waals surface area contributed by atoms with E-state index in [2.05, 4.69) is 4.98 Å². The number of halogens is 1. The van der Waals surface area contributed by atoms with Crippen LogP contribution < -0.4 is 5.73 Å². The summed E-state index contributed by atoms with van der Waals surface area (Å²) >= 11 is 6.00. The number of aromatic nitrogens is 1. The van der Waals surface area contributed by atoms with E-state index in [9.17, 15) is 4.79 Å². The molecule has 1 heterocycles. The van der Waals surface area contributed by atoms with Gasteiger partial charge in [-0.25, -0.2) is 0 Å². The average Bonchev–Trinajstić information content (AvgIpc) is 2.66. The molecule has 0 unspecified atom stereocenters. The van der Waals surface area contributed by atoms with Crippen LogP contribution in [-0.2, 0) is 0 Å². The topological polar surface area (TPSA) is 58.9 Å². The van der Waals surface area contributed by atoms with Crippen molar-refractivity contribution in [1.29, 1.82) is 0 Å². The Kier molecular flexibility index (Phi) is 2.09. The largest absolute Gasteiger partial charge is 0.365 e. The van der Waals surface area contributed by atoms with Crippen LogP contribution >= 0.6 is 11.6 Å². The summed E-state index contributed by atoms with van der Waals surface area (Å²) in [6.07, 6.45) is 0. The van der Waals surface area contributed by atoms with Crippen LogP contribution in [-0.4, -0.2) is 10.9 Å². The molecule has 3 rings (SSSR count). The molecule has 2 aromatic carbocycles. The molecule has 3 aromatic rings. The summed E-state index contributed by atoms with van der Waals surface area (Å²) in [5.74, 6) is -0.521. The predicted octanol–water partition coefficient (Wildman–Crippen LogP) is 3.07. The first-order chi connectivity index (χ1) is 8.18. The Morgan fingerprint density at radius 2 is 1.88 bits per heavy atom. The first-order valence-electron chi connectivity index (χ1n) is 5.17. The molecule has 3 nitrogen and oxygen atoms in total. The minimum absolute atomic E-state index is 0.348. The number of hydrogen-bond donors (Lipinski definition) is 2. The van der Waals surface area contributed by atoms with Gasteiger partial charge in [0.25, 0.3) is 5.91 Å². The van der Waals surface area contributed by atoms with Gasteiger partial charge in [-0.3, -0.25) is 4.79 Å². The van der Waals surface area contributed by atoms with Crippen molar-refractivity contribution in [3.05, 3.63) is 47.0 Å². The lowest BCUT2D eigenvalue weighted by molar-refractivity contribution is 0.100. The van der Waals surface area contributed by atoms with Gasteiger partial charge in [-0.2, -0.15) is 0 Å². The van der Waals surface area contributed by atoms with Crippen molar-refractivity contribution in [2.24, 2.45) is 5.73 Å². The normalized spacial score (nSPS) is 11.1. The van der Waals surface area contributed by atoms with Crippen molar-refractivity contribution < 1.29 is 4.79 Å². The highest BCUT2D eigenvalue weighted by molar-refractivity contribution is 6.36. The van der Waals surface area contributed by atoms with E-state index in [0.717, 1.165) is 16.3 Å². The molecular weight excluding hydrogens is 236 g/mol. The molecule has 0 aliphatic rings. The third kappa shape index (κ3) is 1.40. The van der Waals surface area contributed by atoms with Crippen LogP contribution in [0.1, 0.15) is 10.4 Å². The van der Waals surface area contributed by atoms with Crippen molar-refractivity contribution >= 4 is 39.3 Å². The zero-order valence-corrected chi connectivity index (χ0v) is 9.58. The molecule has 4 heteroatoms. The molecule has 0 saturated carbocycles. The van der Waals surface area contributed by atoms with Crippen molar-refractivity contribution in [3.8, 4) is 0 Å². The van der Waals surface area contributed by atoms with E-state index in [0.29, 0.717) is 16.1 Å². The lowest BCUT2D eigenvalue weighted by atomic mass is 10.1. The number of fused-ring (bicyclic) bond motifs is 3. The second-order valence-electron chi connectivity index (χ2n) is 3.88. The Morgan fingerprint density at radius 3 is 2.65 bits per heavy atom. The molecule has 0 atom stereocenters. The van der Waals surface area contributed by atoms with Gasteiger partial charge in [0.2, 0.25) is 0 Å². The molecule has 3 N–H and O–H groups in total. The van der Waals surface area contributed by atoms with E-state index < -0.39 is 5.91 Å². The number of H-pyrrole nitrogens is 1. The van der Waals surface area contributed by atoms with Gasteiger partial charge in [0.15, 0.2) is 0 Å². The van der Waals surface area contributed by atoms with Crippen LogP contribution in [0.15, 0.2) is 36.4 Å². The molecule has 0 aliphatic heterocycles. The number of carbonyl (C=O) groups excluding carboxylic acids is 1. The van der Waals surface area contributed by atoms with Gasteiger partial charge in [0, 0.05) is 16.3 Å². The Balaban J connectivity index is 2.56. The summed E-state index contributed by atoms with van der Waals surface area (Å²) in [6.45, 7) is 0. The van der Waals surface area contributed by atoms with Crippen LogP contribution in [0.5, 0.6) is 0 Å². The maximum Gasteiger partial charge on any atom is 0.252 e.